The molecule has 2 rings (SSSR count). The fourth-order valence-corrected chi connectivity index (χ4v) is 3.14. The number of sulfonamides is 1. The molecule has 0 bridgehead atoms. The first-order valence-electron chi connectivity index (χ1n) is 6.13. The van der Waals surface area contributed by atoms with Gasteiger partial charge in [-0.1, -0.05) is 18.2 Å². The van der Waals surface area contributed by atoms with Crippen LogP contribution >= 0.6 is 0 Å². The molecule has 0 saturated heterocycles. The molecular formula is C14H15N3O3S. The molecule has 2 aromatic rings. The van der Waals surface area contributed by atoms with E-state index in [1.807, 2.05) is 0 Å². The Bertz CT molecular complexity index is 755. The lowest BCUT2D eigenvalue weighted by Crippen LogP contribution is -2.19. The number of nitrogens with one attached hydrogen (secondary N) is 2. The lowest BCUT2D eigenvalue weighted by atomic mass is 10.2. The molecule has 110 valence electrons. The molecule has 0 aliphatic carbocycles. The van der Waals surface area contributed by atoms with E-state index in [9.17, 15) is 13.2 Å². The number of primary amides is 1. The zero-order valence-corrected chi connectivity index (χ0v) is 12.1. The highest BCUT2D eigenvalue weighted by atomic mass is 32.2. The molecule has 0 heterocycles. The van der Waals surface area contributed by atoms with E-state index in [4.69, 9.17) is 5.73 Å². The summed E-state index contributed by atoms with van der Waals surface area (Å²) in [7, 11) is -3.64. The Balaban J connectivity index is 2.21. The van der Waals surface area contributed by atoms with Crippen molar-refractivity contribution >= 4 is 27.4 Å². The van der Waals surface area contributed by atoms with E-state index in [1.54, 1.807) is 55.5 Å². The van der Waals surface area contributed by atoms with Gasteiger partial charge >= 0.3 is 6.03 Å². The highest BCUT2D eigenvalue weighted by Crippen LogP contribution is 2.20. The largest absolute Gasteiger partial charge is 0.351 e. The third-order valence-electron chi connectivity index (χ3n) is 2.79. The van der Waals surface area contributed by atoms with Gasteiger partial charge in [0.1, 0.15) is 0 Å². The van der Waals surface area contributed by atoms with Crippen molar-refractivity contribution in [3.8, 4) is 0 Å². The van der Waals surface area contributed by atoms with Crippen molar-refractivity contribution in [1.82, 2.24) is 0 Å². The second kappa shape index (κ2) is 5.84. The van der Waals surface area contributed by atoms with E-state index < -0.39 is 16.1 Å². The maximum absolute atomic E-state index is 12.3. The number of rotatable bonds is 4. The van der Waals surface area contributed by atoms with Crippen molar-refractivity contribution in [2.75, 3.05) is 10.0 Å². The number of nitrogens with two attached hydrogens (primary N) is 1. The van der Waals surface area contributed by atoms with Crippen LogP contribution in [0.15, 0.2) is 53.4 Å². The number of carbonyl (C=O) groups is 1. The minimum Gasteiger partial charge on any atom is -0.351 e. The summed E-state index contributed by atoms with van der Waals surface area (Å²) < 4.78 is 27.1. The van der Waals surface area contributed by atoms with Crippen LogP contribution < -0.4 is 15.8 Å². The highest BCUT2D eigenvalue weighted by Gasteiger charge is 2.16. The van der Waals surface area contributed by atoms with Gasteiger partial charge in [-0.05, 0) is 42.8 Å². The summed E-state index contributed by atoms with van der Waals surface area (Å²) in [6, 6.07) is 12.2. The fourth-order valence-electron chi connectivity index (χ4n) is 1.83. The Morgan fingerprint density at radius 3 is 2.14 bits per heavy atom. The van der Waals surface area contributed by atoms with E-state index in [2.05, 4.69) is 10.0 Å². The minimum atomic E-state index is -3.64. The normalized spacial score (nSPS) is 10.9. The summed E-state index contributed by atoms with van der Waals surface area (Å²) in [6.07, 6.45) is 0. The van der Waals surface area contributed by atoms with Crippen molar-refractivity contribution in [2.24, 2.45) is 5.73 Å². The maximum atomic E-state index is 12.3. The molecule has 0 aliphatic heterocycles. The summed E-state index contributed by atoms with van der Waals surface area (Å²) >= 11 is 0. The van der Waals surface area contributed by atoms with E-state index >= 15 is 0 Å². The molecule has 0 aliphatic rings. The zero-order chi connectivity index (χ0) is 15.5. The first-order valence-corrected chi connectivity index (χ1v) is 7.62. The molecule has 0 saturated carbocycles. The molecule has 6 nitrogen and oxygen atoms in total. The second-order valence-electron chi connectivity index (χ2n) is 4.44. The number of amides is 2. The van der Waals surface area contributed by atoms with Crippen LogP contribution in [0.1, 0.15) is 5.56 Å². The number of hydrogen-bond donors (Lipinski definition) is 3. The van der Waals surface area contributed by atoms with E-state index in [0.29, 0.717) is 16.9 Å². The molecule has 0 fully saturated rings. The van der Waals surface area contributed by atoms with Gasteiger partial charge in [0, 0.05) is 11.4 Å². The summed E-state index contributed by atoms with van der Waals surface area (Å²) in [5.74, 6) is 0. The Kier molecular flexibility index (Phi) is 4.13. The number of anilines is 2. The van der Waals surface area contributed by atoms with Crippen molar-refractivity contribution in [2.45, 2.75) is 11.8 Å². The Morgan fingerprint density at radius 2 is 1.57 bits per heavy atom. The van der Waals surface area contributed by atoms with Crippen LogP contribution in [0.25, 0.3) is 0 Å². The van der Waals surface area contributed by atoms with Crippen LogP contribution in [-0.4, -0.2) is 14.4 Å². The third-order valence-corrected chi connectivity index (χ3v) is 4.33. The lowest BCUT2D eigenvalue weighted by Gasteiger charge is -2.10. The topological polar surface area (TPSA) is 101 Å². The van der Waals surface area contributed by atoms with E-state index in [-0.39, 0.29) is 4.90 Å². The smallest absolute Gasteiger partial charge is 0.316 e. The van der Waals surface area contributed by atoms with Gasteiger partial charge < -0.3 is 11.1 Å². The van der Waals surface area contributed by atoms with Gasteiger partial charge in [0.15, 0.2) is 0 Å². The average molecular weight is 305 g/mol. The number of hydrogen-bond acceptors (Lipinski definition) is 3. The highest BCUT2D eigenvalue weighted by molar-refractivity contribution is 7.92. The summed E-state index contributed by atoms with van der Waals surface area (Å²) in [6.45, 7) is 1.73. The van der Waals surface area contributed by atoms with Gasteiger partial charge in [0.2, 0.25) is 0 Å². The molecule has 2 aromatic carbocycles. The predicted octanol–water partition coefficient (Wildman–Crippen LogP) is 2.29. The first kappa shape index (κ1) is 14.9. The third kappa shape index (κ3) is 3.73. The molecule has 2 amide bonds. The van der Waals surface area contributed by atoms with Crippen LogP contribution in [-0.2, 0) is 10.0 Å². The molecule has 21 heavy (non-hydrogen) atoms. The Labute approximate surface area is 123 Å². The van der Waals surface area contributed by atoms with Crippen molar-refractivity contribution in [3.63, 3.8) is 0 Å². The monoisotopic (exact) mass is 305 g/mol. The predicted molar refractivity (Wildman–Crippen MR) is 81.6 cm³/mol. The quantitative estimate of drug-likeness (QED) is 0.807. The number of aryl methyl sites for hydroxylation is 1. The van der Waals surface area contributed by atoms with Crippen LogP contribution in [0, 0.1) is 6.92 Å². The Morgan fingerprint density at radius 1 is 1.00 bits per heavy atom. The number of carbonyl (C=O) groups excluding carboxylic acids is 1. The first-order chi connectivity index (χ1) is 9.88. The van der Waals surface area contributed by atoms with Crippen LogP contribution in [0.2, 0.25) is 0 Å². The van der Waals surface area contributed by atoms with Gasteiger partial charge in [0.25, 0.3) is 10.0 Å². The van der Waals surface area contributed by atoms with Crippen molar-refractivity contribution in [3.05, 3.63) is 54.1 Å². The van der Waals surface area contributed by atoms with Crippen LogP contribution in [0.3, 0.4) is 0 Å². The Hall–Kier alpha value is -2.54. The standard InChI is InChI=1S/C14H15N3O3S/c1-10-4-2-3-5-13(10)21(19,20)17-12-8-6-11(7-9-12)16-14(15)18/h2-9,17H,1H3,(H3,15,16,18). The van der Waals surface area contributed by atoms with Gasteiger partial charge in [-0.3, -0.25) is 4.72 Å². The number of benzene rings is 2. The van der Waals surface area contributed by atoms with E-state index in [1.165, 1.54) is 0 Å². The van der Waals surface area contributed by atoms with Gasteiger partial charge in [-0.15, -0.1) is 0 Å². The lowest BCUT2D eigenvalue weighted by molar-refractivity contribution is 0.259. The number of urea groups is 1. The summed E-state index contributed by atoms with van der Waals surface area (Å²) in [5.41, 5.74) is 6.54. The van der Waals surface area contributed by atoms with E-state index in [0.717, 1.165) is 0 Å². The SMILES string of the molecule is Cc1ccccc1S(=O)(=O)Nc1ccc(NC(N)=O)cc1. The molecule has 0 atom stereocenters. The van der Waals surface area contributed by atoms with Gasteiger partial charge in [-0.25, -0.2) is 13.2 Å². The molecule has 0 aromatic heterocycles. The molecule has 0 radical (unpaired) electrons. The maximum Gasteiger partial charge on any atom is 0.316 e. The van der Waals surface area contributed by atoms with Gasteiger partial charge in [0.05, 0.1) is 4.90 Å². The van der Waals surface area contributed by atoms with Crippen molar-refractivity contribution in [1.29, 1.82) is 0 Å². The molecular weight excluding hydrogens is 290 g/mol. The second-order valence-corrected chi connectivity index (χ2v) is 6.09. The minimum absolute atomic E-state index is 0.226. The van der Waals surface area contributed by atoms with Crippen LogP contribution in [0.5, 0.6) is 0 Å². The fraction of sp³-hybridized carbons (Fsp3) is 0.0714. The zero-order valence-electron chi connectivity index (χ0n) is 11.3. The summed E-state index contributed by atoms with van der Waals surface area (Å²) in [5, 5.41) is 2.40. The molecule has 4 N–H and O–H groups in total. The average Bonchev–Trinajstić information content (AvgIpc) is 2.40. The molecule has 0 spiro atoms. The van der Waals surface area contributed by atoms with Crippen LogP contribution in [0.4, 0.5) is 16.2 Å². The molecule has 0 unspecified atom stereocenters. The molecule has 7 heteroatoms. The summed E-state index contributed by atoms with van der Waals surface area (Å²) in [4.78, 5) is 10.9. The van der Waals surface area contributed by atoms with Crippen molar-refractivity contribution < 1.29 is 13.2 Å². The van der Waals surface area contributed by atoms with Gasteiger partial charge in [-0.2, -0.15) is 0 Å².